The molecule has 2 aromatic heterocycles. The molecule has 2 atom stereocenters. The second-order valence-corrected chi connectivity index (χ2v) is 9.97. The van der Waals surface area contributed by atoms with Crippen LogP contribution in [0, 0.1) is 6.92 Å². The predicted molar refractivity (Wildman–Crippen MR) is 115 cm³/mol. The van der Waals surface area contributed by atoms with E-state index in [1.165, 1.54) is 0 Å². The minimum atomic E-state index is -0.404. The second kappa shape index (κ2) is 8.23. The molecule has 10 heteroatoms. The van der Waals surface area contributed by atoms with Crippen molar-refractivity contribution in [1.29, 1.82) is 0 Å². The fraction of sp³-hybridized carbons (Fsp3) is 0.636. The van der Waals surface area contributed by atoms with E-state index in [0.717, 1.165) is 24.2 Å². The van der Waals surface area contributed by atoms with Crippen LogP contribution in [0.4, 0.5) is 10.6 Å². The van der Waals surface area contributed by atoms with Gasteiger partial charge in [-0.05, 0) is 47.5 Å². The Hall–Kier alpha value is -2.88. The molecular formula is C22H31N5O5. The summed E-state index contributed by atoms with van der Waals surface area (Å²) < 4.78 is 18.5. The average molecular weight is 446 g/mol. The van der Waals surface area contributed by atoms with E-state index in [0.29, 0.717) is 24.6 Å². The fourth-order valence-electron chi connectivity index (χ4n) is 3.69. The number of nitrogens with zero attached hydrogens (tertiary/aromatic N) is 3. The van der Waals surface area contributed by atoms with Crippen LogP contribution in [-0.4, -0.2) is 45.2 Å². The number of anilines is 1. The molecule has 1 aliphatic carbocycles. The van der Waals surface area contributed by atoms with Crippen molar-refractivity contribution < 1.29 is 23.6 Å². The van der Waals surface area contributed by atoms with Crippen molar-refractivity contribution in [2.45, 2.75) is 83.6 Å². The number of alkyl carbamates (subject to hydrolysis) is 1. The number of ether oxygens (including phenoxy) is 2. The summed E-state index contributed by atoms with van der Waals surface area (Å²) in [5, 5.41) is 14.1. The smallest absolute Gasteiger partial charge is 0.407 e. The van der Waals surface area contributed by atoms with E-state index in [1.807, 2.05) is 38.4 Å². The van der Waals surface area contributed by atoms with Crippen LogP contribution in [0.1, 0.15) is 70.2 Å². The molecule has 0 aromatic carbocycles. The maximum atomic E-state index is 12.4. The van der Waals surface area contributed by atoms with Crippen LogP contribution in [0.25, 0.3) is 0 Å². The Kier molecular flexibility index (Phi) is 5.74. The summed E-state index contributed by atoms with van der Waals surface area (Å²) in [6.45, 7) is 10.2. The first-order valence-corrected chi connectivity index (χ1v) is 10.9. The van der Waals surface area contributed by atoms with E-state index in [4.69, 9.17) is 14.0 Å². The molecule has 4 rings (SSSR count). The van der Waals surface area contributed by atoms with Crippen molar-refractivity contribution in [3.8, 4) is 0 Å². The van der Waals surface area contributed by atoms with Crippen LogP contribution in [0.2, 0.25) is 0 Å². The molecule has 174 valence electrons. The molecule has 2 aliphatic rings. The Bertz CT molecular complexity index is 1000. The molecule has 32 heavy (non-hydrogen) atoms. The van der Waals surface area contributed by atoms with Crippen molar-refractivity contribution in [3.05, 3.63) is 29.3 Å². The van der Waals surface area contributed by atoms with Gasteiger partial charge >= 0.3 is 6.09 Å². The van der Waals surface area contributed by atoms with Gasteiger partial charge in [0.25, 0.3) is 0 Å². The Balaban J connectivity index is 1.41. The van der Waals surface area contributed by atoms with Gasteiger partial charge in [-0.1, -0.05) is 5.16 Å². The Labute approximate surface area is 187 Å². The predicted octanol–water partition coefficient (Wildman–Crippen LogP) is 3.22. The van der Waals surface area contributed by atoms with E-state index in [9.17, 15) is 9.59 Å². The highest BCUT2D eigenvalue weighted by Gasteiger charge is 2.40. The minimum Gasteiger partial charge on any atom is -0.444 e. The lowest BCUT2D eigenvalue weighted by Gasteiger charge is -2.24. The lowest BCUT2D eigenvalue weighted by molar-refractivity contribution is -0.115. The molecule has 2 unspecified atom stereocenters. The molecule has 2 amide bonds. The average Bonchev–Trinajstić information content (AvgIpc) is 3.08. The molecule has 1 aliphatic heterocycles. The monoisotopic (exact) mass is 445 g/mol. The topological polar surface area (TPSA) is 121 Å². The third kappa shape index (κ3) is 5.29. The highest BCUT2D eigenvalue weighted by molar-refractivity contribution is 5.91. The van der Waals surface area contributed by atoms with E-state index in [1.54, 1.807) is 13.0 Å². The van der Waals surface area contributed by atoms with Gasteiger partial charge in [0.15, 0.2) is 5.82 Å². The number of carbonyl (C=O) groups is 2. The van der Waals surface area contributed by atoms with E-state index < -0.39 is 6.09 Å². The molecule has 0 spiro atoms. The third-order valence-electron chi connectivity index (χ3n) is 5.62. The number of nitrogens with one attached hydrogen (secondary N) is 2. The molecule has 1 saturated carbocycles. The first-order chi connectivity index (χ1) is 15.0. The Morgan fingerprint density at radius 1 is 1.31 bits per heavy atom. The normalized spacial score (nSPS) is 21.9. The summed E-state index contributed by atoms with van der Waals surface area (Å²) >= 11 is 0. The number of hydrogen-bond donors (Lipinski definition) is 2. The molecule has 1 saturated heterocycles. The second-order valence-electron chi connectivity index (χ2n) is 9.97. The number of hydrogen-bond acceptors (Lipinski definition) is 7. The van der Waals surface area contributed by atoms with E-state index in [-0.39, 0.29) is 35.6 Å². The molecule has 0 radical (unpaired) electrons. The number of rotatable bonds is 6. The molecule has 2 N–H and O–H groups in total. The SMILES string of the molecule is Cc1cc(CC(=O)Nc2cc(C3CC(OC(=O)NC4(C)CC4)CO3)n(C(C)(C)C)n2)on1. The summed E-state index contributed by atoms with van der Waals surface area (Å²) in [6.07, 6.45) is 1.51. The van der Waals surface area contributed by atoms with Gasteiger partial charge in [0.2, 0.25) is 5.91 Å². The van der Waals surface area contributed by atoms with Gasteiger partial charge in [-0.3, -0.25) is 9.48 Å². The van der Waals surface area contributed by atoms with E-state index >= 15 is 0 Å². The Morgan fingerprint density at radius 2 is 2.06 bits per heavy atom. The number of aromatic nitrogens is 3. The van der Waals surface area contributed by atoms with Gasteiger partial charge in [0.1, 0.15) is 18.0 Å². The summed E-state index contributed by atoms with van der Waals surface area (Å²) in [7, 11) is 0. The molecule has 0 bridgehead atoms. The zero-order valence-corrected chi connectivity index (χ0v) is 19.2. The first kappa shape index (κ1) is 22.3. The van der Waals surface area contributed by atoms with Gasteiger partial charge in [0.05, 0.1) is 30.0 Å². The van der Waals surface area contributed by atoms with Crippen molar-refractivity contribution in [1.82, 2.24) is 20.3 Å². The maximum Gasteiger partial charge on any atom is 0.407 e. The van der Waals surface area contributed by atoms with Crippen LogP contribution in [0.3, 0.4) is 0 Å². The first-order valence-electron chi connectivity index (χ1n) is 10.9. The maximum absolute atomic E-state index is 12.4. The lowest BCUT2D eigenvalue weighted by Crippen LogP contribution is -2.37. The van der Waals surface area contributed by atoms with Crippen LogP contribution in [0.15, 0.2) is 16.7 Å². The largest absolute Gasteiger partial charge is 0.444 e. The van der Waals surface area contributed by atoms with Crippen molar-refractivity contribution in [2.75, 3.05) is 11.9 Å². The van der Waals surface area contributed by atoms with Gasteiger partial charge in [-0.2, -0.15) is 5.10 Å². The van der Waals surface area contributed by atoms with Crippen LogP contribution >= 0.6 is 0 Å². The summed E-state index contributed by atoms with van der Waals surface area (Å²) in [4.78, 5) is 24.6. The highest BCUT2D eigenvalue weighted by Crippen LogP contribution is 2.36. The molecule has 2 fully saturated rings. The van der Waals surface area contributed by atoms with Gasteiger partial charge in [-0.15, -0.1) is 0 Å². The van der Waals surface area contributed by atoms with Gasteiger partial charge < -0.3 is 24.6 Å². The van der Waals surface area contributed by atoms with Crippen molar-refractivity contribution >= 4 is 17.8 Å². The van der Waals surface area contributed by atoms with Crippen molar-refractivity contribution in [3.63, 3.8) is 0 Å². The molecule has 3 heterocycles. The number of aryl methyl sites for hydroxylation is 1. The minimum absolute atomic E-state index is 0.0719. The fourth-order valence-corrected chi connectivity index (χ4v) is 3.69. The summed E-state index contributed by atoms with van der Waals surface area (Å²) in [6, 6.07) is 3.54. The van der Waals surface area contributed by atoms with Crippen LogP contribution < -0.4 is 10.6 Å². The molecular weight excluding hydrogens is 414 g/mol. The van der Waals surface area contributed by atoms with Crippen LogP contribution in [-0.2, 0) is 26.2 Å². The number of amides is 2. The third-order valence-corrected chi connectivity index (χ3v) is 5.62. The van der Waals surface area contributed by atoms with Gasteiger partial charge in [-0.25, -0.2) is 4.79 Å². The zero-order chi connectivity index (χ0) is 23.1. The number of carbonyl (C=O) groups excluding carboxylic acids is 2. The van der Waals surface area contributed by atoms with Gasteiger partial charge in [0, 0.05) is 24.1 Å². The quantitative estimate of drug-likeness (QED) is 0.700. The summed E-state index contributed by atoms with van der Waals surface area (Å²) in [5.41, 5.74) is 1.09. The summed E-state index contributed by atoms with van der Waals surface area (Å²) in [5.74, 6) is 0.682. The standard InChI is InChI=1S/C22H31N5O5/c1-13-8-14(32-26-13)10-19(28)23-18-11-16(27(25-18)21(2,3)4)17-9-15(12-30-17)31-20(29)24-22(5)6-7-22/h8,11,15,17H,6-7,9-10,12H2,1-5H3,(H,24,29)(H,23,25,28). The lowest BCUT2D eigenvalue weighted by atomic mass is 10.1. The zero-order valence-electron chi connectivity index (χ0n) is 19.2. The Morgan fingerprint density at radius 3 is 2.69 bits per heavy atom. The molecule has 2 aromatic rings. The van der Waals surface area contributed by atoms with Crippen molar-refractivity contribution in [2.24, 2.45) is 0 Å². The van der Waals surface area contributed by atoms with E-state index in [2.05, 4.69) is 20.9 Å². The highest BCUT2D eigenvalue weighted by atomic mass is 16.6. The molecule has 10 nitrogen and oxygen atoms in total. The van der Waals surface area contributed by atoms with Crippen LogP contribution in [0.5, 0.6) is 0 Å².